The van der Waals surface area contributed by atoms with Crippen LogP contribution in [0, 0.1) is 0 Å². The molecule has 0 amide bonds. The minimum Gasteiger partial charge on any atom is -0.415 e. The number of fused-ring (bicyclic) bond motifs is 1. The first-order valence-corrected chi connectivity index (χ1v) is 33.5. The molecule has 0 radical (unpaired) electrons. The van der Waals surface area contributed by atoms with Gasteiger partial charge in [-0.25, -0.2) is 19.5 Å². The lowest BCUT2D eigenvalue weighted by Crippen LogP contribution is -2.45. The standard InChI is InChI=1S/C25H54N5O7PSi5/c1-39(2,3)29-23-20-24(27-17-26-23)30(18-28-20)25-22(35-41(7,8)9)21(19(33-25)16-32-40(4,5)6)34-38(31,36-42(10,11)12)37-43(13,14)15/h17-19,21-22,25H,16H2,1-15H3,(H,26,27,29)/t19-,21-,22-,25-/m1/s1. The van der Waals surface area contributed by atoms with Gasteiger partial charge in [0.2, 0.25) is 0 Å². The zero-order valence-corrected chi connectivity index (χ0v) is 34.7. The van der Waals surface area contributed by atoms with Gasteiger partial charge in [0, 0.05) is 0 Å². The molecular formula is C25H54N5O7PSi5. The predicted molar refractivity (Wildman–Crippen MR) is 185 cm³/mol. The van der Waals surface area contributed by atoms with Gasteiger partial charge in [0.1, 0.15) is 44.2 Å². The lowest BCUT2D eigenvalue weighted by atomic mass is 10.1. The maximum atomic E-state index is 14.5. The van der Waals surface area contributed by atoms with Gasteiger partial charge in [-0.2, -0.15) is 0 Å². The number of hydrogen-bond donors (Lipinski definition) is 1. The molecule has 3 heterocycles. The maximum absolute atomic E-state index is 14.5. The molecule has 0 aromatic carbocycles. The van der Waals surface area contributed by atoms with Crippen molar-refractivity contribution in [2.75, 3.05) is 11.6 Å². The lowest BCUT2D eigenvalue weighted by molar-refractivity contribution is -0.0461. The van der Waals surface area contributed by atoms with Gasteiger partial charge in [-0.3, -0.25) is 9.09 Å². The van der Waals surface area contributed by atoms with Gasteiger partial charge in [-0.1, -0.05) is 19.6 Å². The largest absolute Gasteiger partial charge is 0.455 e. The molecule has 18 heteroatoms. The average Bonchev–Trinajstić information content (AvgIpc) is 3.29. The Morgan fingerprint density at radius 3 is 1.88 bits per heavy atom. The van der Waals surface area contributed by atoms with Crippen LogP contribution in [0.2, 0.25) is 98.2 Å². The highest BCUT2D eigenvalue weighted by Crippen LogP contribution is 2.57. The third-order valence-corrected chi connectivity index (χ3v) is 15.3. The Labute approximate surface area is 263 Å². The second-order valence-corrected chi connectivity index (χ2v) is 40.8. The van der Waals surface area contributed by atoms with E-state index >= 15 is 0 Å². The van der Waals surface area contributed by atoms with Gasteiger partial charge in [0.05, 0.1) is 12.9 Å². The zero-order chi connectivity index (χ0) is 32.8. The van der Waals surface area contributed by atoms with Crippen LogP contribution in [0.5, 0.6) is 0 Å². The Morgan fingerprint density at radius 2 is 1.40 bits per heavy atom. The average molecular weight is 708 g/mol. The summed E-state index contributed by atoms with van der Waals surface area (Å²) >= 11 is 0. The molecule has 1 saturated heterocycles. The summed E-state index contributed by atoms with van der Waals surface area (Å²) in [6.07, 6.45) is 0.482. The second-order valence-electron chi connectivity index (χ2n) is 16.0. The molecule has 2 aromatic rings. The first kappa shape index (κ1) is 36.9. The third kappa shape index (κ3) is 11.3. The molecule has 0 bridgehead atoms. The van der Waals surface area contributed by atoms with Crippen molar-refractivity contribution in [1.29, 1.82) is 0 Å². The van der Waals surface area contributed by atoms with Crippen LogP contribution in [0.3, 0.4) is 0 Å². The van der Waals surface area contributed by atoms with E-state index in [0.717, 1.165) is 0 Å². The Bertz CT molecular complexity index is 1280. The van der Waals surface area contributed by atoms with Gasteiger partial charge in [0.25, 0.3) is 0 Å². The summed E-state index contributed by atoms with van der Waals surface area (Å²) in [7, 11) is -14.6. The molecule has 4 atom stereocenters. The number of phosphoric acid groups is 1. The van der Waals surface area contributed by atoms with Gasteiger partial charge in [-0.15, -0.1) is 0 Å². The van der Waals surface area contributed by atoms with E-state index < -0.39 is 73.9 Å². The number of aromatic nitrogens is 4. The van der Waals surface area contributed by atoms with Crippen LogP contribution in [-0.2, 0) is 31.1 Å². The van der Waals surface area contributed by atoms with Crippen LogP contribution in [0.15, 0.2) is 12.7 Å². The van der Waals surface area contributed by atoms with Crippen LogP contribution in [0.4, 0.5) is 5.82 Å². The summed E-state index contributed by atoms with van der Waals surface area (Å²) in [6.45, 7) is 31.3. The molecule has 0 aliphatic carbocycles. The number of hydrogen-bond acceptors (Lipinski definition) is 11. The first-order valence-electron chi connectivity index (χ1n) is 14.9. The summed E-state index contributed by atoms with van der Waals surface area (Å²) in [5.41, 5.74) is 1.25. The molecule has 0 spiro atoms. The topological polar surface area (TPSA) is 128 Å². The quantitative estimate of drug-likeness (QED) is 0.158. The fourth-order valence-corrected chi connectivity index (χ4v) is 13.8. The van der Waals surface area contributed by atoms with E-state index in [1.807, 2.05) is 43.8 Å². The summed E-state index contributed by atoms with van der Waals surface area (Å²) < 4.78 is 55.2. The molecule has 0 saturated carbocycles. The molecule has 0 unspecified atom stereocenters. The van der Waals surface area contributed by atoms with Crippen molar-refractivity contribution in [3.05, 3.63) is 12.7 Å². The van der Waals surface area contributed by atoms with E-state index in [4.69, 9.17) is 31.5 Å². The number of ether oxygens (including phenoxy) is 1. The monoisotopic (exact) mass is 707 g/mol. The van der Waals surface area contributed by atoms with Crippen LogP contribution in [0.1, 0.15) is 6.23 Å². The fraction of sp³-hybridized carbons (Fsp3) is 0.800. The summed E-state index contributed by atoms with van der Waals surface area (Å²) in [5.74, 6) is 0.687. The van der Waals surface area contributed by atoms with Gasteiger partial charge in [0.15, 0.2) is 45.1 Å². The van der Waals surface area contributed by atoms with E-state index in [2.05, 4.69) is 73.9 Å². The van der Waals surface area contributed by atoms with Crippen molar-refractivity contribution in [2.24, 2.45) is 0 Å². The van der Waals surface area contributed by atoms with Crippen LogP contribution >= 0.6 is 7.82 Å². The minimum absolute atomic E-state index is 0.242. The molecule has 43 heavy (non-hydrogen) atoms. The highest BCUT2D eigenvalue weighted by molar-refractivity contribution is 7.52. The first-order chi connectivity index (χ1) is 19.2. The molecule has 246 valence electrons. The third-order valence-electron chi connectivity index (χ3n) is 5.60. The number of anilines is 1. The number of nitrogens with one attached hydrogen (secondary N) is 1. The van der Waals surface area contributed by atoms with E-state index in [-0.39, 0.29) is 6.61 Å². The van der Waals surface area contributed by atoms with Crippen LogP contribution < -0.4 is 4.98 Å². The van der Waals surface area contributed by atoms with Crippen molar-refractivity contribution in [3.63, 3.8) is 0 Å². The van der Waals surface area contributed by atoms with Crippen molar-refractivity contribution >= 4 is 66.3 Å². The SMILES string of the molecule is C[Si](C)(C)Nc1ncnc2c1ncn2[C@@H]1O[C@H](CO[Si](C)(C)C)[C@@H](OP(=O)(O[Si](C)(C)C)O[Si](C)(C)C)[C@H]1O[Si](C)(C)C. The van der Waals surface area contributed by atoms with E-state index in [0.29, 0.717) is 17.0 Å². The Hall–Kier alpha value is -0.576. The van der Waals surface area contributed by atoms with E-state index in [1.54, 1.807) is 6.33 Å². The van der Waals surface area contributed by atoms with Crippen LogP contribution in [0.25, 0.3) is 11.2 Å². The number of rotatable bonds is 14. The molecule has 1 N–H and O–H groups in total. The smallest absolute Gasteiger partial charge is 0.415 e. The second kappa shape index (κ2) is 12.9. The summed E-state index contributed by atoms with van der Waals surface area (Å²) in [6, 6.07) is 0. The van der Waals surface area contributed by atoms with E-state index in [9.17, 15) is 4.57 Å². The maximum Gasteiger partial charge on any atom is 0.455 e. The molecule has 1 fully saturated rings. The molecule has 1 aliphatic rings. The zero-order valence-electron chi connectivity index (χ0n) is 28.8. The van der Waals surface area contributed by atoms with Crippen molar-refractivity contribution < 1.29 is 31.1 Å². The number of imidazole rings is 1. The lowest BCUT2D eigenvalue weighted by Gasteiger charge is -2.35. The van der Waals surface area contributed by atoms with Gasteiger partial charge in [-0.05, 0) is 78.6 Å². The Balaban J connectivity index is 2.15. The van der Waals surface area contributed by atoms with Crippen LogP contribution in [-0.4, -0.2) is 85.9 Å². The highest BCUT2D eigenvalue weighted by Gasteiger charge is 2.54. The molecule has 3 rings (SSSR count). The van der Waals surface area contributed by atoms with Crippen molar-refractivity contribution in [2.45, 2.75) is 123 Å². The van der Waals surface area contributed by atoms with Gasteiger partial charge < -0.3 is 27.0 Å². The van der Waals surface area contributed by atoms with Crippen molar-refractivity contribution in [1.82, 2.24) is 19.5 Å². The van der Waals surface area contributed by atoms with Gasteiger partial charge >= 0.3 is 7.82 Å². The predicted octanol–water partition coefficient (Wildman–Crippen LogP) is 7.24. The number of nitrogens with zero attached hydrogens (tertiary/aromatic N) is 4. The summed E-state index contributed by atoms with van der Waals surface area (Å²) in [5, 5.41) is 0. The van der Waals surface area contributed by atoms with Crippen molar-refractivity contribution in [3.8, 4) is 0 Å². The Kier molecular flexibility index (Phi) is 11.1. The minimum atomic E-state index is -4.02. The molecule has 2 aromatic heterocycles. The molecular weight excluding hydrogens is 654 g/mol. The van der Waals surface area contributed by atoms with E-state index in [1.165, 1.54) is 6.33 Å². The highest BCUT2D eigenvalue weighted by atomic mass is 31.2. The molecule has 1 aliphatic heterocycles. The fourth-order valence-electron chi connectivity index (χ4n) is 4.43. The molecule has 12 nitrogen and oxygen atoms in total. The summed E-state index contributed by atoms with van der Waals surface area (Å²) in [4.78, 5) is 17.3. The normalized spacial score (nSPS) is 22.9. The Morgan fingerprint density at radius 1 is 0.814 bits per heavy atom.